The highest BCUT2D eigenvalue weighted by molar-refractivity contribution is 5.66. The van der Waals surface area contributed by atoms with E-state index in [9.17, 15) is 9.59 Å². The molecule has 0 bridgehead atoms. The lowest BCUT2D eigenvalue weighted by molar-refractivity contribution is -0.809. The van der Waals surface area contributed by atoms with Gasteiger partial charge in [0.15, 0.2) is 0 Å². The van der Waals surface area contributed by atoms with E-state index < -0.39 is 0 Å². The summed E-state index contributed by atoms with van der Waals surface area (Å²) in [5.41, 5.74) is 0. The van der Waals surface area contributed by atoms with Gasteiger partial charge in [0.1, 0.15) is 0 Å². The Kier molecular flexibility index (Phi) is 32.2. The summed E-state index contributed by atoms with van der Waals surface area (Å²) in [6.07, 6.45) is 39.1. The Hall–Kier alpha value is -1.14. The van der Waals surface area contributed by atoms with Crippen molar-refractivity contribution in [2.75, 3.05) is 54.4 Å². The fourth-order valence-electron chi connectivity index (χ4n) is 6.68. The topological polar surface area (TPSA) is 58.2 Å². The molecular formula is C42H88N4O2+2. The van der Waals surface area contributed by atoms with Crippen LogP contribution < -0.4 is 10.6 Å². The van der Waals surface area contributed by atoms with Gasteiger partial charge in [0, 0.05) is 13.1 Å². The summed E-state index contributed by atoms with van der Waals surface area (Å²) in [5.74, 6) is 0. The second kappa shape index (κ2) is 33.0. The van der Waals surface area contributed by atoms with Crippen molar-refractivity contribution >= 4 is 12.1 Å². The molecule has 0 aliphatic carbocycles. The number of rotatable bonds is 35. The van der Waals surface area contributed by atoms with Gasteiger partial charge in [-0.1, -0.05) is 168 Å². The summed E-state index contributed by atoms with van der Waals surface area (Å²) in [4.78, 5) is 25.4. The molecule has 0 rings (SSSR count). The minimum atomic E-state index is 0.178. The standard InChI is InChI=1S/C42H86N4O2/c1-7-9-11-13-15-17-23-27-31-35-39-45(3,4)41(47)43-37-33-29-25-21-19-20-22-26-30-34-38-44-42(48)46(5,6)40-36-32-28-24-18-16-14-12-10-8-2/h7-40H2,1-6H3/p+2. The van der Waals surface area contributed by atoms with E-state index in [0.29, 0.717) is 8.97 Å². The summed E-state index contributed by atoms with van der Waals surface area (Å²) >= 11 is 0. The fraction of sp³-hybridized carbons (Fsp3) is 0.952. The van der Waals surface area contributed by atoms with Gasteiger partial charge in [-0.3, -0.25) is 0 Å². The zero-order chi connectivity index (χ0) is 35.6. The normalized spacial score (nSPS) is 12.0. The van der Waals surface area contributed by atoms with E-state index in [-0.39, 0.29) is 12.1 Å². The molecule has 0 aromatic carbocycles. The van der Waals surface area contributed by atoms with E-state index >= 15 is 0 Å². The molecule has 2 N–H and O–H groups in total. The zero-order valence-electron chi connectivity index (χ0n) is 33.8. The van der Waals surface area contributed by atoms with Gasteiger partial charge in [-0.05, 0) is 38.5 Å². The quantitative estimate of drug-likeness (QED) is 0.0517. The fourth-order valence-corrected chi connectivity index (χ4v) is 6.68. The first-order valence-electron chi connectivity index (χ1n) is 21.4. The summed E-state index contributed by atoms with van der Waals surface area (Å²) in [6, 6.07) is 0.357. The molecule has 4 amide bonds. The van der Waals surface area contributed by atoms with Crippen molar-refractivity contribution in [2.45, 2.75) is 206 Å². The van der Waals surface area contributed by atoms with Gasteiger partial charge in [0.25, 0.3) is 0 Å². The molecule has 48 heavy (non-hydrogen) atoms. The third kappa shape index (κ3) is 29.7. The Morgan fingerprint density at radius 3 is 0.792 bits per heavy atom. The van der Waals surface area contributed by atoms with Crippen LogP contribution in [0.1, 0.15) is 206 Å². The molecule has 0 fully saturated rings. The first kappa shape index (κ1) is 46.9. The third-order valence-electron chi connectivity index (χ3n) is 10.4. The lowest BCUT2D eigenvalue weighted by Gasteiger charge is -2.26. The Labute approximate surface area is 301 Å². The lowest BCUT2D eigenvalue weighted by Crippen LogP contribution is -2.52. The first-order valence-corrected chi connectivity index (χ1v) is 21.4. The van der Waals surface area contributed by atoms with Gasteiger partial charge in [0.05, 0.1) is 41.3 Å². The van der Waals surface area contributed by atoms with Crippen molar-refractivity contribution in [3.8, 4) is 0 Å². The van der Waals surface area contributed by atoms with Gasteiger partial charge in [-0.15, -0.1) is 0 Å². The van der Waals surface area contributed by atoms with Crippen molar-refractivity contribution < 1.29 is 18.6 Å². The maximum Gasteiger partial charge on any atom is 0.416 e. The minimum Gasteiger partial charge on any atom is -0.306 e. The number of urea groups is 2. The predicted octanol–water partition coefficient (Wildman–Crippen LogP) is 12.3. The average Bonchev–Trinajstić information content (AvgIpc) is 3.06. The molecule has 6 nitrogen and oxygen atoms in total. The third-order valence-corrected chi connectivity index (χ3v) is 10.4. The van der Waals surface area contributed by atoms with Crippen LogP contribution in [0.25, 0.3) is 0 Å². The Morgan fingerprint density at radius 2 is 0.542 bits per heavy atom. The molecule has 0 aliphatic heterocycles. The van der Waals surface area contributed by atoms with Crippen molar-refractivity contribution in [1.82, 2.24) is 10.6 Å². The van der Waals surface area contributed by atoms with Gasteiger partial charge < -0.3 is 10.6 Å². The van der Waals surface area contributed by atoms with Crippen LogP contribution in [0.15, 0.2) is 0 Å². The molecule has 0 aliphatic rings. The molecule has 0 aromatic heterocycles. The van der Waals surface area contributed by atoms with Crippen molar-refractivity contribution in [3.63, 3.8) is 0 Å². The van der Waals surface area contributed by atoms with Crippen LogP contribution in [-0.2, 0) is 0 Å². The molecule has 0 radical (unpaired) electrons. The average molecular weight is 681 g/mol. The summed E-state index contributed by atoms with van der Waals surface area (Å²) in [7, 11) is 8.22. The van der Waals surface area contributed by atoms with E-state index in [4.69, 9.17) is 0 Å². The van der Waals surface area contributed by atoms with Crippen LogP contribution in [0.5, 0.6) is 0 Å². The second-order valence-electron chi connectivity index (χ2n) is 16.2. The number of hydrogen-bond acceptors (Lipinski definition) is 2. The molecule has 0 spiro atoms. The van der Waals surface area contributed by atoms with Crippen LogP contribution in [-0.4, -0.2) is 75.4 Å². The molecule has 0 atom stereocenters. The van der Waals surface area contributed by atoms with Crippen molar-refractivity contribution in [3.05, 3.63) is 0 Å². The van der Waals surface area contributed by atoms with E-state index in [1.807, 2.05) is 0 Å². The number of nitrogens with one attached hydrogen (secondary N) is 2. The number of hydrogen-bond donors (Lipinski definition) is 2. The summed E-state index contributed by atoms with van der Waals surface area (Å²) < 4.78 is 0.917. The van der Waals surface area contributed by atoms with E-state index in [2.05, 4.69) is 52.7 Å². The van der Waals surface area contributed by atoms with Crippen LogP contribution in [0.3, 0.4) is 0 Å². The van der Waals surface area contributed by atoms with Gasteiger partial charge in [-0.2, -0.15) is 0 Å². The number of amides is 4. The van der Waals surface area contributed by atoms with Crippen LogP contribution >= 0.6 is 0 Å². The summed E-state index contributed by atoms with van der Waals surface area (Å²) in [5, 5.41) is 6.38. The SMILES string of the molecule is CCCCCCCCCCCC[N+](C)(C)C(=O)NCCCCCCCCCCCCNC(=O)[N+](C)(C)CCCCCCCCCCCC. The second-order valence-corrected chi connectivity index (χ2v) is 16.2. The first-order chi connectivity index (χ1) is 23.2. The monoisotopic (exact) mass is 681 g/mol. The number of unbranched alkanes of at least 4 members (excludes halogenated alkanes) is 27. The number of carbonyl (C=O) groups excluding carboxylic acids is 2. The maximum absolute atomic E-state index is 12.7. The number of nitrogens with zero attached hydrogens (tertiary/aromatic N) is 2. The van der Waals surface area contributed by atoms with E-state index in [1.54, 1.807) is 0 Å². The van der Waals surface area contributed by atoms with E-state index in [0.717, 1.165) is 51.9 Å². The summed E-state index contributed by atoms with van der Waals surface area (Å²) in [6.45, 7) is 8.05. The van der Waals surface area contributed by atoms with Crippen LogP contribution in [0.4, 0.5) is 9.59 Å². The van der Waals surface area contributed by atoms with Crippen molar-refractivity contribution in [2.24, 2.45) is 0 Å². The lowest BCUT2D eigenvalue weighted by atomic mass is 10.1. The van der Waals surface area contributed by atoms with Crippen LogP contribution in [0, 0.1) is 0 Å². The van der Waals surface area contributed by atoms with Gasteiger partial charge in [0.2, 0.25) is 0 Å². The minimum absolute atomic E-state index is 0.178. The Bertz CT molecular complexity index is 664. The Morgan fingerprint density at radius 1 is 0.333 bits per heavy atom. The van der Waals surface area contributed by atoms with E-state index in [1.165, 1.54) is 167 Å². The smallest absolute Gasteiger partial charge is 0.306 e. The molecule has 6 heteroatoms. The molecular weight excluding hydrogens is 592 g/mol. The number of quaternary nitrogens is 2. The predicted molar refractivity (Wildman–Crippen MR) is 211 cm³/mol. The molecule has 0 aromatic rings. The molecule has 0 heterocycles. The molecule has 0 saturated carbocycles. The molecule has 0 unspecified atom stereocenters. The highest BCUT2D eigenvalue weighted by Gasteiger charge is 2.26. The molecule has 0 saturated heterocycles. The Balaban J connectivity index is 3.56. The highest BCUT2D eigenvalue weighted by atomic mass is 16.2. The molecule has 286 valence electrons. The largest absolute Gasteiger partial charge is 0.416 e. The van der Waals surface area contributed by atoms with Gasteiger partial charge >= 0.3 is 12.1 Å². The van der Waals surface area contributed by atoms with Crippen molar-refractivity contribution in [1.29, 1.82) is 0 Å². The maximum atomic E-state index is 12.7. The zero-order valence-corrected chi connectivity index (χ0v) is 33.8. The van der Waals surface area contributed by atoms with Gasteiger partial charge in [-0.25, -0.2) is 18.6 Å². The van der Waals surface area contributed by atoms with Crippen LogP contribution in [0.2, 0.25) is 0 Å². The number of carbonyl (C=O) groups is 2. The highest BCUT2D eigenvalue weighted by Crippen LogP contribution is 2.14.